The number of rotatable bonds is 4. The fourth-order valence-electron chi connectivity index (χ4n) is 3.73. The molecule has 0 aromatic heterocycles. The van der Waals surface area contributed by atoms with Crippen molar-refractivity contribution in [1.82, 2.24) is 15.1 Å². The topological polar surface area (TPSA) is 44.8 Å². The molecule has 3 rings (SSSR count). The average molecular weight is 331 g/mol. The van der Waals surface area contributed by atoms with Crippen molar-refractivity contribution in [3.05, 3.63) is 35.4 Å². The Morgan fingerprint density at radius 2 is 1.75 bits per heavy atom. The second-order valence-electron chi connectivity index (χ2n) is 7.18. The van der Waals surface area contributed by atoms with Crippen LogP contribution in [0.4, 0.5) is 0 Å². The van der Waals surface area contributed by atoms with Crippen molar-refractivity contribution >= 4 is 5.91 Å². The molecule has 24 heavy (non-hydrogen) atoms. The van der Waals surface area contributed by atoms with E-state index >= 15 is 0 Å². The molecule has 2 aliphatic rings. The number of aryl methyl sites for hydroxylation is 1. The molecule has 1 amide bonds. The molecule has 1 aromatic carbocycles. The molecule has 2 fully saturated rings. The lowest BCUT2D eigenvalue weighted by atomic mass is 9.85. The van der Waals surface area contributed by atoms with Gasteiger partial charge in [0.1, 0.15) is 0 Å². The van der Waals surface area contributed by atoms with Crippen molar-refractivity contribution < 1.29 is 9.53 Å². The van der Waals surface area contributed by atoms with Gasteiger partial charge in [0.15, 0.2) is 0 Å². The van der Waals surface area contributed by atoms with E-state index < -0.39 is 0 Å². The van der Waals surface area contributed by atoms with Crippen LogP contribution in [-0.2, 0) is 4.74 Å². The van der Waals surface area contributed by atoms with Crippen LogP contribution in [0.25, 0.3) is 0 Å². The summed E-state index contributed by atoms with van der Waals surface area (Å²) in [6, 6.07) is 7.78. The summed E-state index contributed by atoms with van der Waals surface area (Å²) >= 11 is 0. The molecule has 0 bridgehead atoms. The molecule has 2 aliphatic heterocycles. The zero-order valence-electron chi connectivity index (χ0n) is 14.9. The lowest BCUT2D eigenvalue weighted by molar-refractivity contribution is -0.0439. The van der Waals surface area contributed by atoms with Gasteiger partial charge >= 0.3 is 0 Å². The number of carbonyl (C=O) groups excluding carboxylic acids is 1. The van der Waals surface area contributed by atoms with Crippen LogP contribution >= 0.6 is 0 Å². The highest BCUT2D eigenvalue weighted by Crippen LogP contribution is 2.29. The number of hydrogen-bond donors (Lipinski definition) is 1. The number of piperidine rings is 1. The molecule has 0 unspecified atom stereocenters. The SMILES string of the molecule is Cc1ccc(C(=O)NCC2(N3CCOCC3)CCN(C)CC2)cc1. The Labute approximate surface area is 145 Å². The van der Waals surface area contributed by atoms with E-state index in [-0.39, 0.29) is 11.4 Å². The third-order valence-corrected chi connectivity index (χ3v) is 5.49. The molecule has 1 N–H and O–H groups in total. The molecule has 5 nitrogen and oxygen atoms in total. The van der Waals surface area contributed by atoms with E-state index in [2.05, 4.69) is 22.2 Å². The number of carbonyl (C=O) groups is 1. The number of likely N-dealkylation sites (tertiary alicyclic amines) is 1. The number of nitrogens with one attached hydrogen (secondary N) is 1. The fraction of sp³-hybridized carbons (Fsp3) is 0.632. The molecular formula is C19H29N3O2. The lowest BCUT2D eigenvalue weighted by Crippen LogP contribution is -2.62. The predicted molar refractivity (Wildman–Crippen MR) is 95.4 cm³/mol. The minimum absolute atomic E-state index is 0.0292. The van der Waals surface area contributed by atoms with Crippen LogP contribution in [0.15, 0.2) is 24.3 Å². The summed E-state index contributed by atoms with van der Waals surface area (Å²) < 4.78 is 5.52. The summed E-state index contributed by atoms with van der Waals surface area (Å²) in [5, 5.41) is 3.20. The molecule has 2 heterocycles. The van der Waals surface area contributed by atoms with Crippen molar-refractivity contribution in [1.29, 1.82) is 0 Å². The average Bonchev–Trinajstić information content (AvgIpc) is 2.63. The number of nitrogens with zero attached hydrogens (tertiary/aromatic N) is 2. The zero-order chi connectivity index (χ0) is 17.0. The number of hydrogen-bond acceptors (Lipinski definition) is 4. The number of morpholine rings is 1. The van der Waals surface area contributed by atoms with E-state index in [0.29, 0.717) is 6.54 Å². The molecule has 0 atom stereocenters. The monoisotopic (exact) mass is 331 g/mol. The van der Waals surface area contributed by atoms with Crippen molar-refractivity contribution in [2.75, 3.05) is 53.0 Å². The maximum Gasteiger partial charge on any atom is 0.251 e. The second-order valence-corrected chi connectivity index (χ2v) is 7.18. The Kier molecular flexibility index (Phi) is 5.54. The summed E-state index contributed by atoms with van der Waals surface area (Å²) in [6.45, 7) is 8.43. The predicted octanol–water partition coefficient (Wildman–Crippen LogP) is 1.52. The summed E-state index contributed by atoms with van der Waals surface area (Å²) in [5.41, 5.74) is 1.98. The van der Waals surface area contributed by atoms with Crippen molar-refractivity contribution in [2.45, 2.75) is 25.3 Å². The van der Waals surface area contributed by atoms with E-state index in [1.54, 1.807) is 0 Å². The Hall–Kier alpha value is -1.43. The van der Waals surface area contributed by atoms with E-state index in [0.717, 1.165) is 57.8 Å². The van der Waals surface area contributed by atoms with E-state index in [1.165, 1.54) is 5.56 Å². The number of benzene rings is 1. The van der Waals surface area contributed by atoms with Gasteiger partial charge in [0.2, 0.25) is 0 Å². The highest BCUT2D eigenvalue weighted by Gasteiger charge is 2.40. The summed E-state index contributed by atoms with van der Waals surface area (Å²) in [5.74, 6) is 0.0292. The highest BCUT2D eigenvalue weighted by molar-refractivity contribution is 5.94. The van der Waals surface area contributed by atoms with Crippen LogP contribution in [0.1, 0.15) is 28.8 Å². The standard InChI is InChI=1S/C19H29N3O2/c1-16-3-5-17(6-4-16)18(23)20-15-19(7-9-21(2)10-8-19)22-11-13-24-14-12-22/h3-6H,7-15H2,1-2H3,(H,20,23). The van der Waals surface area contributed by atoms with Gasteiger partial charge in [0.05, 0.1) is 13.2 Å². The molecule has 0 radical (unpaired) electrons. The molecule has 2 saturated heterocycles. The van der Waals surface area contributed by atoms with Gasteiger partial charge in [-0.1, -0.05) is 17.7 Å². The Morgan fingerprint density at radius 3 is 2.38 bits per heavy atom. The molecule has 1 aromatic rings. The fourth-order valence-corrected chi connectivity index (χ4v) is 3.73. The first-order valence-corrected chi connectivity index (χ1v) is 8.95. The van der Waals surface area contributed by atoms with Gasteiger partial charge in [0.25, 0.3) is 5.91 Å². The zero-order valence-corrected chi connectivity index (χ0v) is 14.9. The van der Waals surface area contributed by atoms with Crippen LogP contribution in [0, 0.1) is 6.92 Å². The molecule has 132 valence electrons. The minimum atomic E-state index is 0.0292. The van der Waals surface area contributed by atoms with Crippen molar-refractivity contribution in [3.63, 3.8) is 0 Å². The van der Waals surface area contributed by atoms with Crippen LogP contribution in [-0.4, -0.2) is 74.2 Å². The first kappa shape index (κ1) is 17.4. The van der Waals surface area contributed by atoms with E-state index in [4.69, 9.17) is 4.74 Å². The molecule has 0 saturated carbocycles. The highest BCUT2D eigenvalue weighted by atomic mass is 16.5. The smallest absolute Gasteiger partial charge is 0.251 e. The normalized spacial score (nSPS) is 22.2. The van der Waals surface area contributed by atoms with Gasteiger partial charge in [-0.25, -0.2) is 0 Å². The number of ether oxygens (including phenoxy) is 1. The first-order valence-electron chi connectivity index (χ1n) is 8.95. The lowest BCUT2D eigenvalue weighted by Gasteiger charge is -2.49. The molecule has 5 heteroatoms. The van der Waals surface area contributed by atoms with Crippen LogP contribution in [0.2, 0.25) is 0 Å². The minimum Gasteiger partial charge on any atom is -0.379 e. The van der Waals surface area contributed by atoms with Gasteiger partial charge in [-0.2, -0.15) is 0 Å². The first-order chi connectivity index (χ1) is 11.6. The van der Waals surface area contributed by atoms with Gasteiger partial charge in [-0.15, -0.1) is 0 Å². The molecular weight excluding hydrogens is 302 g/mol. The van der Waals surface area contributed by atoms with Crippen LogP contribution < -0.4 is 5.32 Å². The Balaban J connectivity index is 1.67. The third-order valence-electron chi connectivity index (χ3n) is 5.49. The second kappa shape index (κ2) is 7.64. The van der Waals surface area contributed by atoms with E-state index in [1.807, 2.05) is 31.2 Å². The largest absolute Gasteiger partial charge is 0.379 e. The maximum atomic E-state index is 12.5. The van der Waals surface area contributed by atoms with Crippen molar-refractivity contribution in [3.8, 4) is 0 Å². The quantitative estimate of drug-likeness (QED) is 0.909. The van der Waals surface area contributed by atoms with Crippen LogP contribution in [0.3, 0.4) is 0 Å². The van der Waals surface area contributed by atoms with Gasteiger partial charge < -0.3 is 15.0 Å². The third kappa shape index (κ3) is 3.97. The van der Waals surface area contributed by atoms with Gasteiger partial charge in [0, 0.05) is 30.7 Å². The Bertz CT molecular complexity index is 544. The van der Waals surface area contributed by atoms with Gasteiger partial charge in [-0.05, 0) is 52.0 Å². The summed E-state index contributed by atoms with van der Waals surface area (Å²) in [6.07, 6.45) is 2.19. The van der Waals surface area contributed by atoms with E-state index in [9.17, 15) is 4.79 Å². The molecule has 0 aliphatic carbocycles. The summed E-state index contributed by atoms with van der Waals surface area (Å²) in [4.78, 5) is 17.4. The van der Waals surface area contributed by atoms with Crippen molar-refractivity contribution in [2.24, 2.45) is 0 Å². The Morgan fingerprint density at radius 1 is 1.12 bits per heavy atom. The van der Waals surface area contributed by atoms with Crippen LogP contribution in [0.5, 0.6) is 0 Å². The molecule has 0 spiro atoms. The number of amides is 1. The maximum absolute atomic E-state index is 12.5. The summed E-state index contributed by atoms with van der Waals surface area (Å²) in [7, 11) is 2.17. The van der Waals surface area contributed by atoms with Gasteiger partial charge in [-0.3, -0.25) is 9.69 Å².